The second-order valence-corrected chi connectivity index (χ2v) is 6.67. The minimum atomic E-state index is 0.129. The fourth-order valence-corrected chi connectivity index (χ4v) is 3.48. The summed E-state index contributed by atoms with van der Waals surface area (Å²) in [4.78, 5) is 19.7. The first-order chi connectivity index (χ1) is 10.0. The Kier molecular flexibility index (Phi) is 6.14. The maximum Gasteiger partial charge on any atom is 0.221 e. The van der Waals surface area contributed by atoms with E-state index in [0.717, 1.165) is 31.7 Å². The number of thiazole rings is 1. The van der Waals surface area contributed by atoms with Crippen LogP contribution in [-0.4, -0.2) is 54.2 Å². The minimum absolute atomic E-state index is 0.129. The van der Waals surface area contributed by atoms with Crippen LogP contribution >= 0.6 is 11.3 Å². The van der Waals surface area contributed by atoms with Crippen LogP contribution in [-0.2, 0) is 16.0 Å². The van der Waals surface area contributed by atoms with Crippen molar-refractivity contribution in [2.24, 2.45) is 0 Å². The van der Waals surface area contributed by atoms with Crippen LogP contribution in [0.5, 0.6) is 0 Å². The first-order valence-corrected chi connectivity index (χ1v) is 8.46. The number of amides is 1. The third kappa shape index (κ3) is 5.37. The van der Waals surface area contributed by atoms with Gasteiger partial charge in [-0.15, -0.1) is 11.3 Å². The number of ether oxygens (including phenoxy) is 1. The highest BCUT2D eigenvalue weighted by molar-refractivity contribution is 7.09. The van der Waals surface area contributed by atoms with Crippen molar-refractivity contribution >= 4 is 17.2 Å². The molecular weight excluding hydrogens is 286 g/mol. The summed E-state index contributed by atoms with van der Waals surface area (Å²) in [6, 6.07) is 0. The van der Waals surface area contributed by atoms with Gasteiger partial charge >= 0.3 is 0 Å². The van der Waals surface area contributed by atoms with Gasteiger partial charge < -0.3 is 10.1 Å². The number of rotatable bonds is 6. The van der Waals surface area contributed by atoms with Gasteiger partial charge in [0.05, 0.1) is 23.4 Å². The average molecular weight is 311 g/mol. The largest absolute Gasteiger partial charge is 0.373 e. The molecule has 1 aromatic heterocycles. The van der Waals surface area contributed by atoms with Crippen LogP contribution < -0.4 is 5.32 Å². The van der Waals surface area contributed by atoms with E-state index in [-0.39, 0.29) is 18.1 Å². The van der Waals surface area contributed by atoms with Gasteiger partial charge in [-0.05, 0) is 20.8 Å². The van der Waals surface area contributed by atoms with Crippen molar-refractivity contribution in [3.8, 4) is 0 Å². The Bertz CT molecular complexity index is 454. The molecule has 6 heteroatoms. The lowest BCUT2D eigenvalue weighted by Gasteiger charge is -2.35. The molecular formula is C15H25N3O2S. The van der Waals surface area contributed by atoms with E-state index < -0.39 is 0 Å². The van der Waals surface area contributed by atoms with Crippen LogP contribution in [0, 0.1) is 6.92 Å². The SMILES string of the molecule is Cc1ncsc1CCNC(=O)CCN1C[C@@H](C)O[C@@H](C)C1. The first kappa shape index (κ1) is 16.4. The molecule has 0 aliphatic carbocycles. The van der Waals surface area contributed by atoms with Crippen molar-refractivity contribution < 1.29 is 9.53 Å². The number of aromatic nitrogens is 1. The zero-order valence-corrected chi connectivity index (χ0v) is 13.9. The summed E-state index contributed by atoms with van der Waals surface area (Å²) in [5.74, 6) is 0.129. The molecule has 1 saturated heterocycles. The molecule has 0 radical (unpaired) electrons. The van der Waals surface area contributed by atoms with Crippen molar-refractivity contribution in [1.29, 1.82) is 0 Å². The van der Waals surface area contributed by atoms with E-state index in [0.29, 0.717) is 13.0 Å². The Morgan fingerprint density at radius 3 is 2.81 bits per heavy atom. The molecule has 0 aromatic carbocycles. The fraction of sp³-hybridized carbons (Fsp3) is 0.733. The quantitative estimate of drug-likeness (QED) is 0.867. The zero-order chi connectivity index (χ0) is 15.2. The Morgan fingerprint density at radius 2 is 2.19 bits per heavy atom. The number of nitrogens with one attached hydrogen (secondary N) is 1. The monoisotopic (exact) mass is 311 g/mol. The molecule has 0 spiro atoms. The van der Waals surface area contributed by atoms with Gasteiger partial charge in [0, 0.05) is 43.9 Å². The lowest BCUT2D eigenvalue weighted by atomic mass is 10.2. The number of carbonyl (C=O) groups is 1. The standard InChI is InChI=1S/C15H25N3O2S/c1-11-8-18(9-12(2)20-11)7-5-15(19)16-6-4-14-13(3)17-10-21-14/h10-12H,4-9H2,1-3H3,(H,16,19)/t11-,12+. The molecule has 2 atom stereocenters. The summed E-state index contributed by atoms with van der Waals surface area (Å²) in [5, 5.41) is 2.99. The topological polar surface area (TPSA) is 54.5 Å². The van der Waals surface area contributed by atoms with Crippen LogP contribution in [0.25, 0.3) is 0 Å². The van der Waals surface area contributed by atoms with Crippen LogP contribution in [0.15, 0.2) is 5.51 Å². The smallest absolute Gasteiger partial charge is 0.221 e. The van der Waals surface area contributed by atoms with Crippen LogP contribution in [0.4, 0.5) is 0 Å². The molecule has 0 unspecified atom stereocenters. The Balaban J connectivity index is 1.62. The number of morpholine rings is 1. The first-order valence-electron chi connectivity index (χ1n) is 7.58. The van der Waals surface area contributed by atoms with E-state index in [1.165, 1.54) is 4.88 Å². The normalized spacial score (nSPS) is 23.2. The van der Waals surface area contributed by atoms with Gasteiger partial charge in [-0.3, -0.25) is 9.69 Å². The van der Waals surface area contributed by atoms with Gasteiger partial charge in [0.2, 0.25) is 5.91 Å². The van der Waals surface area contributed by atoms with E-state index in [2.05, 4.69) is 29.0 Å². The number of carbonyl (C=O) groups excluding carboxylic acids is 1. The van der Waals surface area contributed by atoms with E-state index in [1.54, 1.807) is 11.3 Å². The van der Waals surface area contributed by atoms with Gasteiger partial charge in [0.1, 0.15) is 0 Å². The second-order valence-electron chi connectivity index (χ2n) is 5.73. The van der Waals surface area contributed by atoms with Crippen molar-refractivity contribution in [2.45, 2.75) is 45.8 Å². The molecule has 1 aliphatic heterocycles. The summed E-state index contributed by atoms with van der Waals surface area (Å²) >= 11 is 1.65. The lowest BCUT2D eigenvalue weighted by Crippen LogP contribution is -2.46. The maximum atomic E-state index is 11.9. The highest BCUT2D eigenvalue weighted by atomic mass is 32.1. The van der Waals surface area contributed by atoms with E-state index in [4.69, 9.17) is 4.74 Å². The molecule has 2 rings (SSSR count). The second kappa shape index (κ2) is 7.87. The summed E-state index contributed by atoms with van der Waals surface area (Å²) < 4.78 is 5.69. The van der Waals surface area contributed by atoms with Crippen LogP contribution in [0.3, 0.4) is 0 Å². The molecule has 1 N–H and O–H groups in total. The van der Waals surface area contributed by atoms with Crippen molar-refractivity contribution in [3.63, 3.8) is 0 Å². The lowest BCUT2D eigenvalue weighted by molar-refractivity contribution is -0.122. The third-order valence-electron chi connectivity index (χ3n) is 3.67. The van der Waals surface area contributed by atoms with Crippen LogP contribution in [0.1, 0.15) is 30.8 Å². The minimum Gasteiger partial charge on any atom is -0.373 e. The van der Waals surface area contributed by atoms with Crippen molar-refractivity contribution in [2.75, 3.05) is 26.2 Å². The maximum absolute atomic E-state index is 11.9. The van der Waals surface area contributed by atoms with Gasteiger partial charge in [-0.2, -0.15) is 0 Å². The summed E-state index contributed by atoms with van der Waals surface area (Å²) in [6.45, 7) is 9.51. The van der Waals surface area contributed by atoms with Gasteiger partial charge in [0.25, 0.3) is 0 Å². The van der Waals surface area contributed by atoms with Gasteiger partial charge in [-0.25, -0.2) is 4.98 Å². The Hall–Kier alpha value is -0.980. The van der Waals surface area contributed by atoms with Crippen molar-refractivity contribution in [1.82, 2.24) is 15.2 Å². The molecule has 2 heterocycles. The molecule has 1 aromatic rings. The van der Waals surface area contributed by atoms with E-state index in [1.807, 2.05) is 12.4 Å². The predicted octanol–water partition coefficient (Wildman–Crippen LogP) is 1.61. The molecule has 5 nitrogen and oxygen atoms in total. The molecule has 1 amide bonds. The van der Waals surface area contributed by atoms with Gasteiger partial charge in [0.15, 0.2) is 0 Å². The Morgan fingerprint density at radius 1 is 1.48 bits per heavy atom. The molecule has 1 aliphatic rings. The average Bonchev–Trinajstić information content (AvgIpc) is 2.81. The summed E-state index contributed by atoms with van der Waals surface area (Å²) in [7, 11) is 0. The molecule has 118 valence electrons. The molecule has 0 bridgehead atoms. The van der Waals surface area contributed by atoms with Gasteiger partial charge in [-0.1, -0.05) is 0 Å². The highest BCUT2D eigenvalue weighted by Crippen LogP contribution is 2.12. The Labute approximate surface area is 130 Å². The predicted molar refractivity (Wildman–Crippen MR) is 84.6 cm³/mol. The molecule has 1 fully saturated rings. The summed E-state index contributed by atoms with van der Waals surface area (Å²) in [6.07, 6.45) is 1.94. The fourth-order valence-electron chi connectivity index (χ4n) is 2.70. The van der Waals surface area contributed by atoms with Crippen molar-refractivity contribution in [3.05, 3.63) is 16.1 Å². The van der Waals surface area contributed by atoms with E-state index in [9.17, 15) is 4.79 Å². The third-order valence-corrected chi connectivity index (χ3v) is 4.66. The van der Waals surface area contributed by atoms with Crippen LogP contribution in [0.2, 0.25) is 0 Å². The molecule has 0 saturated carbocycles. The van der Waals surface area contributed by atoms with E-state index >= 15 is 0 Å². The number of hydrogen-bond acceptors (Lipinski definition) is 5. The number of nitrogens with zero attached hydrogens (tertiary/aromatic N) is 2. The number of hydrogen-bond donors (Lipinski definition) is 1. The number of aryl methyl sites for hydroxylation is 1. The highest BCUT2D eigenvalue weighted by Gasteiger charge is 2.22. The molecule has 21 heavy (non-hydrogen) atoms. The summed E-state index contributed by atoms with van der Waals surface area (Å²) in [5.41, 5.74) is 2.93. The zero-order valence-electron chi connectivity index (χ0n) is 13.1.